The van der Waals surface area contributed by atoms with Crippen LogP contribution in [0.1, 0.15) is 18.5 Å². The zero-order valence-corrected chi connectivity index (χ0v) is 13.3. The molecule has 1 fully saturated rings. The van der Waals surface area contributed by atoms with Crippen molar-refractivity contribution in [2.75, 3.05) is 20.2 Å². The number of carbonyl (C=O) groups excluding carboxylic acids is 1. The molecule has 0 aliphatic carbocycles. The summed E-state index contributed by atoms with van der Waals surface area (Å²) in [5.41, 5.74) is 1.87. The first-order valence-corrected chi connectivity index (χ1v) is 8.21. The van der Waals surface area contributed by atoms with Gasteiger partial charge in [-0.3, -0.25) is 4.79 Å². The second-order valence-corrected chi connectivity index (χ2v) is 6.03. The number of benzene rings is 1. The number of thiazole rings is 1. The Bertz CT molecular complexity index is 670. The number of carbonyl (C=O) groups is 1. The summed E-state index contributed by atoms with van der Waals surface area (Å²) in [6.07, 6.45) is 5.64. The second kappa shape index (κ2) is 6.75. The number of rotatable bonds is 4. The number of ether oxygens (including phenoxy) is 1. The van der Waals surface area contributed by atoms with Gasteiger partial charge in [-0.05, 0) is 43.2 Å². The van der Waals surface area contributed by atoms with Crippen LogP contribution in [0.2, 0.25) is 0 Å². The molecule has 3 rings (SSSR count). The van der Waals surface area contributed by atoms with Crippen LogP contribution in [0.15, 0.2) is 35.7 Å². The molecule has 1 aromatic carbocycles. The van der Waals surface area contributed by atoms with Crippen molar-refractivity contribution in [3.05, 3.63) is 41.4 Å². The van der Waals surface area contributed by atoms with Crippen molar-refractivity contribution in [1.29, 1.82) is 0 Å². The van der Waals surface area contributed by atoms with Crippen LogP contribution in [0.25, 0.3) is 16.6 Å². The third-order valence-corrected chi connectivity index (χ3v) is 4.58. The summed E-state index contributed by atoms with van der Waals surface area (Å²) in [6.45, 7) is 1.74. The third kappa shape index (κ3) is 3.36. The van der Waals surface area contributed by atoms with Crippen LogP contribution in [0.4, 0.5) is 0 Å². The number of hydrogen-bond acceptors (Lipinski definition) is 4. The quantitative estimate of drug-likeness (QED) is 0.812. The van der Waals surface area contributed by atoms with Gasteiger partial charge in [0.15, 0.2) is 0 Å². The lowest BCUT2D eigenvalue weighted by molar-refractivity contribution is -0.124. The monoisotopic (exact) mass is 314 g/mol. The molecule has 1 aliphatic heterocycles. The Hall–Kier alpha value is -2.14. The summed E-state index contributed by atoms with van der Waals surface area (Å²) in [5, 5.41) is 2.91. The molecule has 0 spiro atoms. The molecule has 0 bridgehead atoms. The van der Waals surface area contributed by atoms with Crippen LogP contribution in [-0.4, -0.2) is 36.0 Å². The smallest absolute Gasteiger partial charge is 0.246 e. The highest BCUT2D eigenvalue weighted by Crippen LogP contribution is 2.26. The standard InChI is InChI=1S/C17H18N2O2S/c1-21-15-7-4-13(5-8-15)17-18-14(12-22-17)6-9-16(20)19-10-2-3-11-19/h4-9,12H,2-3,10-11H2,1H3. The fourth-order valence-corrected chi connectivity index (χ4v) is 3.22. The van der Waals surface area contributed by atoms with Crippen LogP contribution >= 0.6 is 11.3 Å². The molecule has 0 unspecified atom stereocenters. The van der Waals surface area contributed by atoms with E-state index < -0.39 is 0 Å². The number of methoxy groups -OCH3 is 1. The average Bonchev–Trinajstić information content (AvgIpc) is 3.24. The van der Waals surface area contributed by atoms with Gasteiger partial charge in [-0.15, -0.1) is 11.3 Å². The third-order valence-electron chi connectivity index (χ3n) is 3.67. The maximum atomic E-state index is 12.0. The highest BCUT2D eigenvalue weighted by molar-refractivity contribution is 7.13. The molecule has 2 aromatic rings. The number of likely N-dealkylation sites (tertiary alicyclic amines) is 1. The molecular formula is C17H18N2O2S. The van der Waals surface area contributed by atoms with Gasteiger partial charge in [-0.25, -0.2) is 4.98 Å². The van der Waals surface area contributed by atoms with E-state index in [4.69, 9.17) is 4.74 Å². The van der Waals surface area contributed by atoms with E-state index in [0.717, 1.165) is 47.9 Å². The van der Waals surface area contributed by atoms with Gasteiger partial charge in [-0.2, -0.15) is 0 Å². The number of aromatic nitrogens is 1. The zero-order chi connectivity index (χ0) is 15.4. The van der Waals surface area contributed by atoms with Gasteiger partial charge in [0, 0.05) is 30.1 Å². The Morgan fingerprint density at radius 2 is 2.00 bits per heavy atom. The molecular weight excluding hydrogens is 296 g/mol. The molecule has 0 saturated carbocycles. The SMILES string of the molecule is COc1ccc(-c2nc(C=CC(=O)N3CCCC3)cs2)cc1. The van der Waals surface area contributed by atoms with E-state index in [1.165, 1.54) is 0 Å². The van der Waals surface area contributed by atoms with Crippen LogP contribution in [-0.2, 0) is 4.79 Å². The molecule has 5 heteroatoms. The van der Waals surface area contributed by atoms with Gasteiger partial charge in [0.05, 0.1) is 12.8 Å². The highest BCUT2D eigenvalue weighted by atomic mass is 32.1. The van der Waals surface area contributed by atoms with Crippen molar-refractivity contribution in [1.82, 2.24) is 9.88 Å². The Labute approximate surface area is 134 Å². The van der Waals surface area contributed by atoms with Gasteiger partial charge in [-0.1, -0.05) is 0 Å². The first-order chi connectivity index (χ1) is 10.8. The summed E-state index contributed by atoms with van der Waals surface area (Å²) < 4.78 is 5.15. The Morgan fingerprint density at radius 1 is 1.27 bits per heavy atom. The normalized spacial score (nSPS) is 14.7. The van der Waals surface area contributed by atoms with Crippen molar-refractivity contribution in [2.24, 2.45) is 0 Å². The maximum Gasteiger partial charge on any atom is 0.246 e. The van der Waals surface area contributed by atoms with E-state index in [1.807, 2.05) is 34.5 Å². The second-order valence-electron chi connectivity index (χ2n) is 5.17. The summed E-state index contributed by atoms with van der Waals surface area (Å²) in [5.74, 6) is 0.910. The highest BCUT2D eigenvalue weighted by Gasteiger charge is 2.15. The molecule has 0 atom stereocenters. The summed E-state index contributed by atoms with van der Waals surface area (Å²) in [7, 11) is 1.65. The largest absolute Gasteiger partial charge is 0.497 e. The fourth-order valence-electron chi connectivity index (χ4n) is 2.43. The number of hydrogen-bond donors (Lipinski definition) is 0. The minimum atomic E-state index is 0.0801. The van der Waals surface area contributed by atoms with E-state index in [2.05, 4.69) is 4.98 Å². The number of amides is 1. The first-order valence-electron chi connectivity index (χ1n) is 7.33. The lowest BCUT2D eigenvalue weighted by Crippen LogP contribution is -2.25. The van der Waals surface area contributed by atoms with Gasteiger partial charge in [0.2, 0.25) is 5.91 Å². The van der Waals surface area contributed by atoms with Crippen LogP contribution in [0, 0.1) is 0 Å². The Balaban J connectivity index is 1.68. The summed E-state index contributed by atoms with van der Waals surface area (Å²) in [6, 6.07) is 7.81. The van der Waals surface area contributed by atoms with Gasteiger partial charge in [0.25, 0.3) is 0 Å². The summed E-state index contributed by atoms with van der Waals surface area (Å²) in [4.78, 5) is 18.4. The fraction of sp³-hybridized carbons (Fsp3) is 0.294. The van der Waals surface area contributed by atoms with Gasteiger partial charge in [0.1, 0.15) is 10.8 Å². The number of nitrogens with zero attached hydrogens (tertiary/aromatic N) is 2. The van der Waals surface area contributed by atoms with Crippen LogP contribution in [0.5, 0.6) is 5.75 Å². The molecule has 1 aromatic heterocycles. The van der Waals surface area contributed by atoms with Gasteiger partial charge < -0.3 is 9.64 Å². The topological polar surface area (TPSA) is 42.4 Å². The molecule has 1 saturated heterocycles. The minimum absolute atomic E-state index is 0.0801. The Kier molecular flexibility index (Phi) is 4.53. The minimum Gasteiger partial charge on any atom is -0.497 e. The lowest BCUT2D eigenvalue weighted by Gasteiger charge is -2.11. The predicted molar refractivity (Wildman–Crippen MR) is 89.0 cm³/mol. The van der Waals surface area contributed by atoms with Crippen molar-refractivity contribution in [3.63, 3.8) is 0 Å². The molecule has 0 radical (unpaired) electrons. The molecule has 22 heavy (non-hydrogen) atoms. The van der Waals surface area contributed by atoms with Crippen molar-refractivity contribution < 1.29 is 9.53 Å². The van der Waals surface area contributed by atoms with Crippen molar-refractivity contribution in [2.45, 2.75) is 12.8 Å². The molecule has 4 nitrogen and oxygen atoms in total. The van der Waals surface area contributed by atoms with E-state index >= 15 is 0 Å². The van der Waals surface area contributed by atoms with Crippen LogP contribution < -0.4 is 4.74 Å². The lowest BCUT2D eigenvalue weighted by atomic mass is 10.2. The molecule has 1 aliphatic rings. The molecule has 1 amide bonds. The van der Waals surface area contributed by atoms with E-state index in [1.54, 1.807) is 30.6 Å². The van der Waals surface area contributed by atoms with Crippen molar-refractivity contribution >= 4 is 23.3 Å². The zero-order valence-electron chi connectivity index (χ0n) is 12.5. The van der Waals surface area contributed by atoms with Gasteiger partial charge >= 0.3 is 0 Å². The van der Waals surface area contributed by atoms with E-state index in [-0.39, 0.29) is 5.91 Å². The molecule has 0 N–H and O–H groups in total. The predicted octanol–water partition coefficient (Wildman–Crippen LogP) is 3.45. The van der Waals surface area contributed by atoms with E-state index in [0.29, 0.717) is 0 Å². The van der Waals surface area contributed by atoms with Crippen molar-refractivity contribution in [3.8, 4) is 16.3 Å². The van der Waals surface area contributed by atoms with E-state index in [9.17, 15) is 4.79 Å². The Morgan fingerprint density at radius 3 is 2.68 bits per heavy atom. The maximum absolute atomic E-state index is 12.0. The van der Waals surface area contributed by atoms with Crippen LogP contribution in [0.3, 0.4) is 0 Å². The first kappa shape index (κ1) is 14.8. The molecule has 2 heterocycles. The summed E-state index contributed by atoms with van der Waals surface area (Å²) >= 11 is 1.57. The molecule has 114 valence electrons. The average molecular weight is 314 g/mol.